The molecule has 0 spiro atoms. The minimum atomic E-state index is 0.455. The highest BCUT2D eigenvalue weighted by atomic mass is 15.3. The summed E-state index contributed by atoms with van der Waals surface area (Å²) in [5, 5.41) is 12.2. The van der Waals surface area contributed by atoms with E-state index in [0.717, 1.165) is 13.1 Å². The molecule has 15 heavy (non-hydrogen) atoms. The highest BCUT2D eigenvalue weighted by molar-refractivity contribution is 5.08. The Morgan fingerprint density at radius 2 is 2.07 bits per heavy atom. The highest BCUT2D eigenvalue weighted by Crippen LogP contribution is 2.29. The van der Waals surface area contributed by atoms with E-state index in [1.807, 2.05) is 0 Å². The second kappa shape index (κ2) is 3.59. The van der Waals surface area contributed by atoms with Crippen molar-refractivity contribution in [2.24, 2.45) is 0 Å². The number of aromatic nitrogens is 3. The van der Waals surface area contributed by atoms with Gasteiger partial charge in [0.1, 0.15) is 11.6 Å². The average molecular weight is 206 g/mol. The molecule has 3 rings (SSSR count). The van der Waals surface area contributed by atoms with E-state index in [1.165, 1.54) is 37.3 Å². The first-order valence-corrected chi connectivity index (χ1v) is 6.02. The van der Waals surface area contributed by atoms with Gasteiger partial charge in [0.25, 0.3) is 0 Å². The summed E-state index contributed by atoms with van der Waals surface area (Å²) in [5.41, 5.74) is 0. The third-order valence-electron chi connectivity index (χ3n) is 3.64. The molecule has 0 bridgehead atoms. The van der Waals surface area contributed by atoms with Gasteiger partial charge in [-0.15, -0.1) is 10.2 Å². The van der Waals surface area contributed by atoms with E-state index in [-0.39, 0.29) is 0 Å². The second-order valence-electron chi connectivity index (χ2n) is 4.76. The Morgan fingerprint density at radius 3 is 2.87 bits per heavy atom. The Bertz CT molecular complexity index is 351. The Hall–Kier alpha value is -0.900. The van der Waals surface area contributed by atoms with Crippen LogP contribution in [0.4, 0.5) is 0 Å². The van der Waals surface area contributed by atoms with Gasteiger partial charge in [0.2, 0.25) is 0 Å². The molecule has 2 unspecified atom stereocenters. The van der Waals surface area contributed by atoms with Crippen molar-refractivity contribution in [3.63, 3.8) is 0 Å². The molecule has 3 heterocycles. The molecule has 1 aromatic rings. The summed E-state index contributed by atoms with van der Waals surface area (Å²) >= 11 is 0. The summed E-state index contributed by atoms with van der Waals surface area (Å²) in [6, 6.07) is 0.455. The lowest BCUT2D eigenvalue weighted by Crippen LogP contribution is -2.21. The van der Waals surface area contributed by atoms with E-state index in [9.17, 15) is 0 Å². The molecule has 2 aliphatic heterocycles. The lowest BCUT2D eigenvalue weighted by atomic mass is 10.0. The molecule has 0 aromatic carbocycles. The predicted octanol–water partition coefficient (Wildman–Crippen LogP) is 1.60. The van der Waals surface area contributed by atoms with Gasteiger partial charge in [-0.2, -0.15) is 0 Å². The van der Waals surface area contributed by atoms with Gasteiger partial charge >= 0.3 is 0 Å². The number of hydrogen-bond acceptors (Lipinski definition) is 3. The van der Waals surface area contributed by atoms with Gasteiger partial charge < -0.3 is 9.88 Å². The van der Waals surface area contributed by atoms with Crippen LogP contribution in [0.25, 0.3) is 0 Å². The van der Waals surface area contributed by atoms with Crippen LogP contribution in [0.2, 0.25) is 0 Å². The van der Waals surface area contributed by atoms with E-state index in [2.05, 4.69) is 27.0 Å². The lowest BCUT2D eigenvalue weighted by molar-refractivity contribution is 0.438. The second-order valence-corrected chi connectivity index (χ2v) is 4.76. The van der Waals surface area contributed by atoms with E-state index < -0.39 is 0 Å². The quantitative estimate of drug-likeness (QED) is 0.759. The summed E-state index contributed by atoms with van der Waals surface area (Å²) in [4.78, 5) is 0. The van der Waals surface area contributed by atoms with Crippen LogP contribution < -0.4 is 5.32 Å². The van der Waals surface area contributed by atoms with Crippen LogP contribution in [-0.2, 0) is 6.54 Å². The molecule has 2 atom stereocenters. The first kappa shape index (κ1) is 9.33. The van der Waals surface area contributed by atoms with Gasteiger partial charge in [-0.3, -0.25) is 0 Å². The third-order valence-corrected chi connectivity index (χ3v) is 3.64. The summed E-state index contributed by atoms with van der Waals surface area (Å²) in [5.74, 6) is 2.96. The van der Waals surface area contributed by atoms with Crippen molar-refractivity contribution in [2.75, 3.05) is 6.54 Å². The zero-order chi connectivity index (χ0) is 10.3. The Kier molecular flexibility index (Phi) is 2.24. The summed E-state index contributed by atoms with van der Waals surface area (Å²) in [7, 11) is 0. The highest BCUT2D eigenvalue weighted by Gasteiger charge is 2.27. The fraction of sp³-hybridized carbons (Fsp3) is 0.818. The molecule has 1 aromatic heterocycles. The molecule has 82 valence electrons. The van der Waals surface area contributed by atoms with Gasteiger partial charge in [-0.05, 0) is 32.2 Å². The third kappa shape index (κ3) is 1.47. The van der Waals surface area contributed by atoms with Crippen LogP contribution in [0, 0.1) is 0 Å². The number of fused-ring (bicyclic) bond motifs is 1. The monoisotopic (exact) mass is 206 g/mol. The summed E-state index contributed by atoms with van der Waals surface area (Å²) < 4.78 is 2.34. The largest absolute Gasteiger partial charge is 0.313 e. The van der Waals surface area contributed by atoms with Crippen LogP contribution >= 0.6 is 0 Å². The van der Waals surface area contributed by atoms with Gasteiger partial charge in [0.15, 0.2) is 0 Å². The molecule has 2 aliphatic rings. The maximum absolute atomic E-state index is 4.38. The van der Waals surface area contributed by atoms with E-state index in [4.69, 9.17) is 0 Å². The summed E-state index contributed by atoms with van der Waals surface area (Å²) in [6.45, 7) is 4.49. The molecule has 0 amide bonds. The van der Waals surface area contributed by atoms with E-state index in [0.29, 0.717) is 12.0 Å². The SMILES string of the molecule is CC1CCCn2c1nnc2C1CCCN1. The molecule has 1 saturated heterocycles. The van der Waals surface area contributed by atoms with Gasteiger partial charge in [-0.25, -0.2) is 0 Å². The van der Waals surface area contributed by atoms with Crippen LogP contribution in [0.15, 0.2) is 0 Å². The van der Waals surface area contributed by atoms with Crippen LogP contribution in [-0.4, -0.2) is 21.3 Å². The normalized spacial score (nSPS) is 30.5. The standard InChI is InChI=1S/C11H18N4/c1-8-4-3-7-15-10(8)13-14-11(15)9-5-2-6-12-9/h8-9,12H,2-7H2,1H3. The molecule has 0 aliphatic carbocycles. The first-order chi connectivity index (χ1) is 7.36. The minimum Gasteiger partial charge on any atom is -0.313 e. The predicted molar refractivity (Wildman–Crippen MR) is 57.6 cm³/mol. The van der Waals surface area contributed by atoms with Crippen molar-refractivity contribution in [1.82, 2.24) is 20.1 Å². The summed E-state index contributed by atoms with van der Waals surface area (Å²) in [6.07, 6.45) is 5.01. The first-order valence-electron chi connectivity index (χ1n) is 6.02. The molecule has 0 radical (unpaired) electrons. The van der Waals surface area contributed by atoms with Crippen LogP contribution in [0.3, 0.4) is 0 Å². The van der Waals surface area contributed by atoms with Crippen LogP contribution in [0.1, 0.15) is 56.2 Å². The topological polar surface area (TPSA) is 42.7 Å². The molecular formula is C11H18N4. The fourth-order valence-corrected chi connectivity index (χ4v) is 2.77. The zero-order valence-corrected chi connectivity index (χ0v) is 9.24. The zero-order valence-electron chi connectivity index (χ0n) is 9.24. The molecular weight excluding hydrogens is 188 g/mol. The van der Waals surface area contributed by atoms with Gasteiger partial charge in [0.05, 0.1) is 6.04 Å². The average Bonchev–Trinajstić information content (AvgIpc) is 2.85. The van der Waals surface area contributed by atoms with Crippen LogP contribution in [0.5, 0.6) is 0 Å². The molecule has 1 N–H and O–H groups in total. The fourth-order valence-electron chi connectivity index (χ4n) is 2.77. The van der Waals surface area contributed by atoms with Gasteiger partial charge in [-0.1, -0.05) is 6.92 Å². The Morgan fingerprint density at radius 1 is 1.20 bits per heavy atom. The van der Waals surface area contributed by atoms with Crippen molar-refractivity contribution in [3.05, 3.63) is 11.6 Å². The maximum Gasteiger partial charge on any atom is 0.150 e. The maximum atomic E-state index is 4.38. The number of nitrogens with zero attached hydrogens (tertiary/aromatic N) is 3. The molecule has 0 saturated carbocycles. The van der Waals surface area contributed by atoms with Crippen molar-refractivity contribution < 1.29 is 0 Å². The van der Waals surface area contributed by atoms with Gasteiger partial charge in [0, 0.05) is 12.5 Å². The van der Waals surface area contributed by atoms with E-state index in [1.54, 1.807) is 0 Å². The van der Waals surface area contributed by atoms with Crippen molar-refractivity contribution >= 4 is 0 Å². The smallest absolute Gasteiger partial charge is 0.150 e. The Balaban J connectivity index is 1.95. The number of rotatable bonds is 1. The van der Waals surface area contributed by atoms with E-state index >= 15 is 0 Å². The van der Waals surface area contributed by atoms with Crippen molar-refractivity contribution in [2.45, 2.75) is 51.1 Å². The molecule has 1 fully saturated rings. The Labute approximate surface area is 90.1 Å². The molecule has 4 heteroatoms. The molecule has 4 nitrogen and oxygen atoms in total. The number of hydrogen-bond donors (Lipinski definition) is 1. The number of nitrogens with one attached hydrogen (secondary N) is 1. The lowest BCUT2D eigenvalue weighted by Gasteiger charge is -2.21. The minimum absolute atomic E-state index is 0.455. The van der Waals surface area contributed by atoms with Crippen molar-refractivity contribution in [1.29, 1.82) is 0 Å². The van der Waals surface area contributed by atoms with Crippen molar-refractivity contribution in [3.8, 4) is 0 Å².